The number of carboxylic acid groups (broad SMARTS) is 1. The first-order valence-corrected chi connectivity index (χ1v) is 10.2. The second-order valence-corrected chi connectivity index (χ2v) is 8.86. The van der Waals surface area contributed by atoms with Gasteiger partial charge in [-0.05, 0) is 29.2 Å². The Bertz CT molecular complexity index is 1460. The highest BCUT2D eigenvalue weighted by molar-refractivity contribution is 5.85. The van der Waals surface area contributed by atoms with E-state index in [1.54, 1.807) is 31.3 Å². The lowest BCUT2D eigenvalue weighted by Gasteiger charge is -2.20. The minimum Gasteiger partial charge on any atom is -0.475 e. The van der Waals surface area contributed by atoms with Crippen molar-refractivity contribution in [3.8, 4) is 16.9 Å². The van der Waals surface area contributed by atoms with Gasteiger partial charge in [-0.1, -0.05) is 32.9 Å². The zero-order valence-corrected chi connectivity index (χ0v) is 18.6. The Morgan fingerprint density at radius 1 is 1.21 bits per heavy atom. The second kappa shape index (κ2) is 7.93. The molecule has 0 aliphatic rings. The number of fused-ring (bicyclic) bond motifs is 1. The van der Waals surface area contributed by atoms with Gasteiger partial charge in [-0.15, -0.1) is 0 Å². The van der Waals surface area contributed by atoms with Crippen molar-refractivity contribution in [3.05, 3.63) is 75.8 Å². The molecule has 0 atom stereocenters. The third-order valence-electron chi connectivity index (χ3n) is 5.59. The van der Waals surface area contributed by atoms with Crippen molar-refractivity contribution in [3.63, 3.8) is 0 Å². The molecule has 8 nitrogen and oxygen atoms in total. The number of imidazole rings is 1. The maximum atomic E-state index is 15.0. The molecule has 0 aliphatic heterocycles. The fraction of sp³-hybridized carbons (Fsp3) is 0.250. The van der Waals surface area contributed by atoms with Gasteiger partial charge in [0.2, 0.25) is 5.82 Å². The van der Waals surface area contributed by atoms with E-state index in [1.807, 2.05) is 20.8 Å². The van der Waals surface area contributed by atoms with E-state index in [4.69, 9.17) is 0 Å². The van der Waals surface area contributed by atoms with Crippen LogP contribution in [0, 0.1) is 5.82 Å². The summed E-state index contributed by atoms with van der Waals surface area (Å²) in [6.45, 7) is 5.39. The molecule has 2 aromatic heterocycles. The topological polar surface area (TPSA) is 110 Å². The summed E-state index contributed by atoms with van der Waals surface area (Å²) in [7, 11) is 1.55. The summed E-state index contributed by atoms with van der Waals surface area (Å²) in [5, 5.41) is 23.9. The molecule has 0 radical (unpaired) electrons. The zero-order chi connectivity index (χ0) is 24.1. The van der Waals surface area contributed by atoms with Crippen molar-refractivity contribution < 1.29 is 19.4 Å². The molecule has 4 aromatic rings. The van der Waals surface area contributed by atoms with E-state index in [-0.39, 0.29) is 22.3 Å². The first-order valence-electron chi connectivity index (χ1n) is 10.2. The Kier molecular flexibility index (Phi) is 5.37. The Morgan fingerprint density at radius 3 is 2.55 bits per heavy atom. The molecule has 2 aromatic carbocycles. The summed E-state index contributed by atoms with van der Waals surface area (Å²) < 4.78 is 17.4. The van der Waals surface area contributed by atoms with Crippen molar-refractivity contribution in [2.45, 2.75) is 32.8 Å². The number of hydrogen-bond donors (Lipinski definition) is 2. The van der Waals surface area contributed by atoms with Crippen LogP contribution >= 0.6 is 0 Å². The summed E-state index contributed by atoms with van der Waals surface area (Å²) in [5.74, 6) is -2.00. The molecule has 0 unspecified atom stereocenters. The fourth-order valence-corrected chi connectivity index (χ4v) is 3.81. The SMILES string of the molecule is Cn1cc(-c2cccc(-n3ncc4cc(C(C)(C)C)cc(F)c4c3=O)c2CO)nc1C(=O)O. The molecule has 0 aliphatic carbocycles. The van der Waals surface area contributed by atoms with Crippen LogP contribution in [0.5, 0.6) is 0 Å². The predicted molar refractivity (Wildman–Crippen MR) is 121 cm³/mol. The molecule has 2 N–H and O–H groups in total. The number of hydrogen-bond acceptors (Lipinski definition) is 5. The molecule has 33 heavy (non-hydrogen) atoms. The zero-order valence-electron chi connectivity index (χ0n) is 18.6. The minimum absolute atomic E-state index is 0.0988. The molecule has 9 heteroatoms. The summed E-state index contributed by atoms with van der Waals surface area (Å²) in [5.41, 5.74) is 1.10. The largest absolute Gasteiger partial charge is 0.475 e. The summed E-state index contributed by atoms with van der Waals surface area (Å²) in [4.78, 5) is 28.8. The first kappa shape index (κ1) is 22.3. The molecule has 0 spiro atoms. The Labute approximate surface area is 188 Å². The van der Waals surface area contributed by atoms with E-state index in [9.17, 15) is 19.8 Å². The Hall–Kier alpha value is -3.85. The number of aromatic carboxylic acids is 1. The van der Waals surface area contributed by atoms with Crippen molar-refractivity contribution >= 4 is 16.7 Å². The Balaban J connectivity index is 1.94. The minimum atomic E-state index is -1.19. The number of benzene rings is 2. The number of carbonyl (C=O) groups is 1. The van der Waals surface area contributed by atoms with Gasteiger partial charge in [0.25, 0.3) is 5.56 Å². The Morgan fingerprint density at radius 2 is 1.94 bits per heavy atom. The standard InChI is InChI=1S/C24H23FN4O4/c1-24(2,3)14-8-13-10-26-29(22(31)20(13)17(25)9-14)19-7-5-6-15(16(19)12-30)18-11-28(4)21(27-18)23(32)33/h5-11,30H,12H2,1-4H3,(H,32,33). The molecule has 4 rings (SSSR count). The van der Waals surface area contributed by atoms with Gasteiger partial charge in [-0.25, -0.2) is 14.2 Å². The van der Waals surface area contributed by atoms with Crippen LogP contribution in [0.2, 0.25) is 0 Å². The van der Waals surface area contributed by atoms with Crippen LogP contribution in [0.3, 0.4) is 0 Å². The van der Waals surface area contributed by atoms with Gasteiger partial charge in [0, 0.05) is 29.8 Å². The monoisotopic (exact) mass is 450 g/mol. The molecular weight excluding hydrogens is 427 g/mol. The van der Waals surface area contributed by atoms with Gasteiger partial charge in [0.05, 0.1) is 29.6 Å². The number of nitrogens with zero attached hydrogens (tertiary/aromatic N) is 4. The van der Waals surface area contributed by atoms with Crippen LogP contribution in [-0.2, 0) is 19.1 Å². The molecular formula is C24H23FN4O4. The van der Waals surface area contributed by atoms with Crippen molar-refractivity contribution in [2.24, 2.45) is 7.05 Å². The van der Waals surface area contributed by atoms with Crippen LogP contribution in [0.25, 0.3) is 27.7 Å². The van der Waals surface area contributed by atoms with Gasteiger partial charge in [-0.3, -0.25) is 4.79 Å². The summed E-state index contributed by atoms with van der Waals surface area (Å²) in [6, 6.07) is 7.99. The maximum absolute atomic E-state index is 15.0. The van der Waals surface area contributed by atoms with Gasteiger partial charge >= 0.3 is 5.97 Å². The number of aliphatic hydroxyl groups is 1. The lowest BCUT2D eigenvalue weighted by atomic mass is 9.86. The second-order valence-electron chi connectivity index (χ2n) is 8.86. The van der Waals surface area contributed by atoms with Crippen molar-refractivity contribution in [2.75, 3.05) is 0 Å². The van der Waals surface area contributed by atoms with E-state index in [2.05, 4.69) is 10.1 Å². The van der Waals surface area contributed by atoms with Gasteiger partial charge in [0.15, 0.2) is 0 Å². The average Bonchev–Trinajstić information content (AvgIpc) is 3.14. The smallest absolute Gasteiger partial charge is 0.372 e. The van der Waals surface area contributed by atoms with Crippen LogP contribution in [0.15, 0.2) is 47.5 Å². The molecule has 0 fully saturated rings. The quantitative estimate of drug-likeness (QED) is 0.493. The summed E-state index contributed by atoms with van der Waals surface area (Å²) in [6.07, 6.45) is 2.94. The number of carboxylic acids is 1. The normalized spacial score (nSPS) is 11.8. The molecule has 170 valence electrons. The van der Waals surface area contributed by atoms with E-state index in [0.717, 1.165) is 10.2 Å². The molecule has 0 amide bonds. The number of aryl methyl sites for hydroxylation is 1. The van der Waals surface area contributed by atoms with Crippen LogP contribution in [0.1, 0.15) is 42.5 Å². The number of halogens is 1. The lowest BCUT2D eigenvalue weighted by Crippen LogP contribution is -2.24. The highest BCUT2D eigenvalue weighted by Crippen LogP contribution is 2.29. The number of aliphatic hydroxyl groups excluding tert-OH is 1. The van der Waals surface area contributed by atoms with Crippen LogP contribution in [-0.4, -0.2) is 35.5 Å². The van der Waals surface area contributed by atoms with Crippen LogP contribution in [0.4, 0.5) is 4.39 Å². The van der Waals surface area contributed by atoms with Gasteiger partial charge < -0.3 is 14.8 Å². The predicted octanol–water partition coefficient (Wildman–Crippen LogP) is 3.41. The third kappa shape index (κ3) is 3.80. The van der Waals surface area contributed by atoms with E-state index in [0.29, 0.717) is 22.2 Å². The molecule has 0 saturated carbocycles. The summed E-state index contributed by atoms with van der Waals surface area (Å²) >= 11 is 0. The van der Waals surface area contributed by atoms with Crippen LogP contribution < -0.4 is 5.56 Å². The van der Waals surface area contributed by atoms with Gasteiger partial charge in [0.1, 0.15) is 5.82 Å². The highest BCUT2D eigenvalue weighted by atomic mass is 19.1. The van der Waals surface area contributed by atoms with Crippen molar-refractivity contribution in [1.82, 2.24) is 19.3 Å². The van der Waals surface area contributed by atoms with E-state index >= 15 is 4.39 Å². The van der Waals surface area contributed by atoms with E-state index in [1.165, 1.54) is 23.0 Å². The maximum Gasteiger partial charge on any atom is 0.372 e. The molecule has 0 saturated heterocycles. The number of aromatic nitrogens is 4. The molecule has 0 bridgehead atoms. The number of rotatable bonds is 4. The van der Waals surface area contributed by atoms with Crippen molar-refractivity contribution in [1.29, 1.82) is 0 Å². The molecule has 2 heterocycles. The highest BCUT2D eigenvalue weighted by Gasteiger charge is 2.21. The first-order chi connectivity index (χ1) is 15.5. The fourth-order valence-electron chi connectivity index (χ4n) is 3.81. The van der Waals surface area contributed by atoms with Gasteiger partial charge in [-0.2, -0.15) is 9.78 Å². The average molecular weight is 450 g/mol. The lowest BCUT2D eigenvalue weighted by molar-refractivity contribution is 0.0679. The third-order valence-corrected chi connectivity index (χ3v) is 5.59. The van der Waals surface area contributed by atoms with E-state index < -0.39 is 24.0 Å².